The Bertz CT molecular complexity index is 780. The summed E-state index contributed by atoms with van der Waals surface area (Å²) < 4.78 is 37.3. The number of aromatic nitrogens is 1. The minimum Gasteiger partial charge on any atom is -0.493 e. The van der Waals surface area contributed by atoms with Crippen LogP contribution in [0, 0.1) is 0 Å². The van der Waals surface area contributed by atoms with Crippen LogP contribution in [0.15, 0.2) is 41.4 Å². The van der Waals surface area contributed by atoms with E-state index in [0.29, 0.717) is 18.0 Å². The van der Waals surface area contributed by atoms with Gasteiger partial charge in [0.15, 0.2) is 11.5 Å². The molecule has 1 aromatic heterocycles. The lowest BCUT2D eigenvalue weighted by atomic mass is 10.2. The van der Waals surface area contributed by atoms with Gasteiger partial charge in [-0.2, -0.15) is 4.31 Å². The highest BCUT2D eigenvalue weighted by Crippen LogP contribution is 2.33. The largest absolute Gasteiger partial charge is 0.493 e. The first-order valence-electron chi connectivity index (χ1n) is 6.71. The van der Waals surface area contributed by atoms with Crippen molar-refractivity contribution in [2.24, 2.45) is 0 Å². The maximum Gasteiger partial charge on any atom is 0.243 e. The average molecular weight is 320 g/mol. The Morgan fingerprint density at radius 3 is 2.55 bits per heavy atom. The van der Waals surface area contributed by atoms with Gasteiger partial charge >= 0.3 is 0 Å². The van der Waals surface area contributed by atoms with Gasteiger partial charge in [0.05, 0.1) is 31.4 Å². The maximum absolute atomic E-state index is 12.8. The summed E-state index contributed by atoms with van der Waals surface area (Å²) >= 11 is 0. The van der Waals surface area contributed by atoms with Crippen molar-refractivity contribution in [2.45, 2.75) is 18.0 Å². The molecule has 0 bridgehead atoms. The van der Waals surface area contributed by atoms with Crippen molar-refractivity contribution in [3.63, 3.8) is 0 Å². The number of hydrogen-bond acceptors (Lipinski definition) is 5. The number of fused-ring (bicyclic) bond motifs is 1. The van der Waals surface area contributed by atoms with Gasteiger partial charge in [-0.25, -0.2) is 8.42 Å². The third-order valence-corrected chi connectivity index (χ3v) is 5.44. The van der Waals surface area contributed by atoms with Crippen molar-refractivity contribution in [3.05, 3.63) is 47.8 Å². The molecule has 1 aliphatic rings. The van der Waals surface area contributed by atoms with Crippen molar-refractivity contribution >= 4 is 10.0 Å². The van der Waals surface area contributed by atoms with E-state index >= 15 is 0 Å². The standard InChI is InChI=1S/C15H16N2O4S/c1-20-14-6-5-12(8-15(14)21-2)22(18,19)17-9-11-4-3-7-16-13(11)10-17/h3-8H,9-10H2,1-2H3. The molecular formula is C15H16N2O4S. The molecule has 3 rings (SSSR count). The third-order valence-electron chi connectivity index (χ3n) is 3.65. The molecule has 2 aromatic rings. The molecule has 22 heavy (non-hydrogen) atoms. The van der Waals surface area contributed by atoms with E-state index in [0.717, 1.165) is 11.3 Å². The molecule has 1 aliphatic heterocycles. The van der Waals surface area contributed by atoms with Crippen molar-refractivity contribution in [1.29, 1.82) is 0 Å². The third kappa shape index (κ3) is 2.42. The molecule has 1 aromatic carbocycles. The number of nitrogens with zero attached hydrogens (tertiary/aromatic N) is 2. The lowest BCUT2D eigenvalue weighted by Gasteiger charge is -2.16. The summed E-state index contributed by atoms with van der Waals surface area (Å²) in [5, 5.41) is 0. The molecule has 0 N–H and O–H groups in total. The zero-order valence-corrected chi connectivity index (χ0v) is 13.1. The molecule has 7 heteroatoms. The number of benzene rings is 1. The fraction of sp³-hybridized carbons (Fsp3) is 0.267. The monoisotopic (exact) mass is 320 g/mol. The van der Waals surface area contributed by atoms with Crippen LogP contribution >= 0.6 is 0 Å². The van der Waals surface area contributed by atoms with Crippen LogP contribution < -0.4 is 9.47 Å². The number of ether oxygens (including phenoxy) is 2. The van der Waals surface area contributed by atoms with Crippen LogP contribution in [-0.2, 0) is 23.1 Å². The van der Waals surface area contributed by atoms with Crippen LogP contribution in [0.4, 0.5) is 0 Å². The molecule has 116 valence electrons. The Labute approximate surface area is 129 Å². The molecule has 2 heterocycles. The predicted octanol–water partition coefficient (Wildman–Crippen LogP) is 1.80. The summed E-state index contributed by atoms with van der Waals surface area (Å²) in [7, 11) is -0.621. The van der Waals surface area contributed by atoms with E-state index in [9.17, 15) is 8.42 Å². The van der Waals surface area contributed by atoms with Crippen LogP contribution in [0.3, 0.4) is 0 Å². The minimum atomic E-state index is -3.61. The quantitative estimate of drug-likeness (QED) is 0.859. The van der Waals surface area contributed by atoms with Crippen LogP contribution in [-0.4, -0.2) is 31.9 Å². The molecule has 0 amide bonds. The molecular weight excluding hydrogens is 304 g/mol. The van der Waals surface area contributed by atoms with Gasteiger partial charge in [0.25, 0.3) is 0 Å². The second kappa shape index (κ2) is 5.58. The highest BCUT2D eigenvalue weighted by atomic mass is 32.2. The van der Waals surface area contributed by atoms with Gasteiger partial charge in [0.1, 0.15) is 0 Å². The summed E-state index contributed by atoms with van der Waals surface area (Å²) in [4.78, 5) is 4.41. The van der Waals surface area contributed by atoms with E-state index in [-0.39, 0.29) is 11.4 Å². The van der Waals surface area contributed by atoms with E-state index in [4.69, 9.17) is 9.47 Å². The van der Waals surface area contributed by atoms with Crippen molar-refractivity contribution in [1.82, 2.24) is 9.29 Å². The Balaban J connectivity index is 1.95. The van der Waals surface area contributed by atoms with Crippen LogP contribution in [0.5, 0.6) is 11.5 Å². The Morgan fingerprint density at radius 2 is 1.86 bits per heavy atom. The second-order valence-corrected chi connectivity index (χ2v) is 6.84. The molecule has 0 radical (unpaired) electrons. The smallest absolute Gasteiger partial charge is 0.243 e. The van der Waals surface area contributed by atoms with Gasteiger partial charge in [0.2, 0.25) is 10.0 Å². The van der Waals surface area contributed by atoms with E-state index in [1.807, 2.05) is 12.1 Å². The molecule has 6 nitrogen and oxygen atoms in total. The van der Waals surface area contributed by atoms with Gasteiger partial charge in [-0.3, -0.25) is 4.98 Å². The summed E-state index contributed by atoms with van der Waals surface area (Å²) in [6.07, 6.45) is 1.67. The number of methoxy groups -OCH3 is 2. The number of pyridine rings is 1. The van der Waals surface area contributed by atoms with E-state index in [1.54, 1.807) is 12.3 Å². The molecule has 0 aliphatic carbocycles. The highest BCUT2D eigenvalue weighted by molar-refractivity contribution is 7.89. The van der Waals surface area contributed by atoms with Crippen LogP contribution in [0.1, 0.15) is 11.3 Å². The van der Waals surface area contributed by atoms with Crippen LogP contribution in [0.2, 0.25) is 0 Å². The average Bonchev–Trinajstić information content (AvgIpc) is 2.99. The SMILES string of the molecule is COc1ccc(S(=O)(=O)N2Cc3cccnc3C2)cc1OC. The van der Waals surface area contributed by atoms with Gasteiger partial charge in [0, 0.05) is 18.8 Å². The molecule has 0 fully saturated rings. The summed E-state index contributed by atoms with van der Waals surface area (Å²) in [6, 6.07) is 8.29. The normalized spacial score (nSPS) is 14.6. The van der Waals surface area contributed by atoms with Crippen molar-refractivity contribution in [2.75, 3.05) is 14.2 Å². The van der Waals surface area contributed by atoms with Gasteiger partial charge in [-0.05, 0) is 23.8 Å². The van der Waals surface area contributed by atoms with Crippen molar-refractivity contribution < 1.29 is 17.9 Å². The molecule has 0 spiro atoms. The second-order valence-electron chi connectivity index (χ2n) is 4.90. The van der Waals surface area contributed by atoms with Gasteiger partial charge in [-0.15, -0.1) is 0 Å². The summed E-state index contributed by atoms with van der Waals surface area (Å²) in [5.41, 5.74) is 1.73. The van der Waals surface area contributed by atoms with Gasteiger partial charge < -0.3 is 9.47 Å². The zero-order chi connectivity index (χ0) is 15.7. The maximum atomic E-state index is 12.8. The number of hydrogen-bond donors (Lipinski definition) is 0. The van der Waals surface area contributed by atoms with E-state index in [2.05, 4.69) is 4.98 Å². The van der Waals surface area contributed by atoms with Crippen LogP contribution in [0.25, 0.3) is 0 Å². The minimum absolute atomic E-state index is 0.179. The van der Waals surface area contributed by atoms with E-state index < -0.39 is 10.0 Å². The lowest BCUT2D eigenvalue weighted by Crippen LogP contribution is -2.25. The molecule has 0 unspecified atom stereocenters. The predicted molar refractivity (Wildman–Crippen MR) is 80.2 cm³/mol. The molecule has 0 saturated heterocycles. The zero-order valence-electron chi connectivity index (χ0n) is 12.3. The lowest BCUT2D eigenvalue weighted by molar-refractivity contribution is 0.353. The first-order valence-corrected chi connectivity index (χ1v) is 8.15. The Kier molecular flexibility index (Phi) is 3.76. The number of sulfonamides is 1. The van der Waals surface area contributed by atoms with Gasteiger partial charge in [-0.1, -0.05) is 6.07 Å². The molecule has 0 saturated carbocycles. The first kappa shape index (κ1) is 14.8. The number of rotatable bonds is 4. The summed E-state index contributed by atoms with van der Waals surface area (Å²) in [6.45, 7) is 0.618. The van der Waals surface area contributed by atoms with Crippen molar-refractivity contribution in [3.8, 4) is 11.5 Å². The molecule has 0 atom stereocenters. The van der Waals surface area contributed by atoms with E-state index in [1.165, 1.54) is 30.7 Å². The topological polar surface area (TPSA) is 68.7 Å². The Hall–Kier alpha value is -2.12. The first-order chi connectivity index (χ1) is 10.6. The Morgan fingerprint density at radius 1 is 1.09 bits per heavy atom. The fourth-order valence-corrected chi connectivity index (χ4v) is 3.86. The summed E-state index contributed by atoms with van der Waals surface area (Å²) in [5.74, 6) is 0.881. The highest BCUT2D eigenvalue weighted by Gasteiger charge is 2.31. The fourth-order valence-electron chi connectivity index (χ4n) is 2.47.